The Kier molecular flexibility index (Phi) is 6.31. The van der Waals surface area contributed by atoms with E-state index in [9.17, 15) is 17.6 Å². The van der Waals surface area contributed by atoms with Gasteiger partial charge in [-0.15, -0.1) is 5.10 Å². The summed E-state index contributed by atoms with van der Waals surface area (Å²) >= 11 is 0. The van der Waals surface area contributed by atoms with Crippen LogP contribution in [0.1, 0.15) is 12.5 Å². The Morgan fingerprint density at radius 3 is 2.36 bits per heavy atom. The van der Waals surface area contributed by atoms with Gasteiger partial charge >= 0.3 is 12.2 Å². The van der Waals surface area contributed by atoms with Crippen molar-refractivity contribution in [1.82, 2.24) is 25.0 Å². The standard InChI is InChI=1S/C22H17F4N5O2/c1-2-32-13-31-20(19(29-30-31)14-3-7-16(23)8-4-14)18-11-12-27-21(28-18)33-17-9-5-15(6-10-17)22(24,25)26/h3-12H,2,13H2,1H3. The molecule has 2 aromatic carbocycles. The summed E-state index contributed by atoms with van der Waals surface area (Å²) in [7, 11) is 0. The van der Waals surface area contributed by atoms with Crippen molar-refractivity contribution in [2.45, 2.75) is 19.8 Å². The van der Waals surface area contributed by atoms with Crippen LogP contribution >= 0.6 is 0 Å². The van der Waals surface area contributed by atoms with Crippen molar-refractivity contribution in [3.63, 3.8) is 0 Å². The van der Waals surface area contributed by atoms with Gasteiger partial charge in [-0.2, -0.15) is 18.2 Å². The molecule has 0 fully saturated rings. The van der Waals surface area contributed by atoms with Crippen molar-refractivity contribution in [3.05, 3.63) is 72.2 Å². The molecule has 0 spiro atoms. The SMILES string of the molecule is CCOCn1nnc(-c2ccc(F)cc2)c1-c1ccnc(Oc2ccc(C(F)(F)F)cc2)n1. The van der Waals surface area contributed by atoms with E-state index in [1.165, 1.54) is 35.1 Å². The van der Waals surface area contributed by atoms with Crippen LogP contribution in [0.15, 0.2) is 60.8 Å². The largest absolute Gasteiger partial charge is 0.424 e. The third-order valence-corrected chi connectivity index (χ3v) is 4.54. The van der Waals surface area contributed by atoms with Crippen LogP contribution in [0, 0.1) is 5.82 Å². The molecule has 0 atom stereocenters. The van der Waals surface area contributed by atoms with E-state index in [1.807, 2.05) is 6.92 Å². The van der Waals surface area contributed by atoms with E-state index in [1.54, 1.807) is 18.2 Å². The minimum atomic E-state index is -4.45. The minimum absolute atomic E-state index is 0.0820. The van der Waals surface area contributed by atoms with Crippen LogP contribution in [-0.4, -0.2) is 31.6 Å². The summed E-state index contributed by atoms with van der Waals surface area (Å²) < 4.78 is 64.2. The number of alkyl halides is 3. The molecule has 4 rings (SSSR count). The molecular formula is C22H17F4N5O2. The van der Waals surface area contributed by atoms with Crippen molar-refractivity contribution < 1.29 is 27.0 Å². The van der Waals surface area contributed by atoms with E-state index in [2.05, 4.69) is 20.3 Å². The first-order valence-corrected chi connectivity index (χ1v) is 9.81. The van der Waals surface area contributed by atoms with Crippen LogP contribution in [0.3, 0.4) is 0 Å². The van der Waals surface area contributed by atoms with Crippen LogP contribution in [0.25, 0.3) is 22.6 Å². The highest BCUT2D eigenvalue weighted by Crippen LogP contribution is 2.32. The molecule has 0 amide bonds. The van der Waals surface area contributed by atoms with Crippen LogP contribution in [0.4, 0.5) is 17.6 Å². The summed E-state index contributed by atoms with van der Waals surface area (Å²) in [5, 5.41) is 8.31. The van der Waals surface area contributed by atoms with Crippen LogP contribution < -0.4 is 4.74 Å². The molecule has 7 nitrogen and oxygen atoms in total. The average Bonchev–Trinajstić information content (AvgIpc) is 3.22. The molecule has 2 aromatic heterocycles. The summed E-state index contributed by atoms with van der Waals surface area (Å²) in [5.74, 6) is -0.254. The first-order chi connectivity index (χ1) is 15.8. The van der Waals surface area contributed by atoms with Gasteiger partial charge in [0.05, 0.1) is 11.3 Å². The molecular weight excluding hydrogens is 442 g/mol. The van der Waals surface area contributed by atoms with E-state index in [0.717, 1.165) is 12.1 Å². The Bertz CT molecular complexity index is 1230. The van der Waals surface area contributed by atoms with Gasteiger partial charge in [-0.1, -0.05) is 5.21 Å². The lowest BCUT2D eigenvalue weighted by atomic mass is 10.1. The molecule has 0 bridgehead atoms. The Balaban J connectivity index is 1.68. The van der Waals surface area contributed by atoms with Crippen molar-refractivity contribution in [2.24, 2.45) is 0 Å². The second kappa shape index (κ2) is 9.33. The third kappa shape index (κ3) is 5.14. The molecule has 0 N–H and O–H groups in total. The molecule has 170 valence electrons. The monoisotopic (exact) mass is 459 g/mol. The van der Waals surface area contributed by atoms with E-state index in [0.29, 0.717) is 29.3 Å². The molecule has 0 aliphatic rings. The Labute approximate surface area is 185 Å². The van der Waals surface area contributed by atoms with Gasteiger partial charge in [-0.3, -0.25) is 0 Å². The van der Waals surface area contributed by atoms with Gasteiger partial charge in [-0.25, -0.2) is 14.1 Å². The van der Waals surface area contributed by atoms with Crippen molar-refractivity contribution in [1.29, 1.82) is 0 Å². The second-order valence-corrected chi connectivity index (χ2v) is 6.76. The highest BCUT2D eigenvalue weighted by molar-refractivity contribution is 5.76. The predicted molar refractivity (Wildman–Crippen MR) is 110 cm³/mol. The number of nitrogens with zero attached hydrogens (tertiary/aromatic N) is 5. The van der Waals surface area contributed by atoms with E-state index in [-0.39, 0.29) is 18.5 Å². The lowest BCUT2D eigenvalue weighted by Crippen LogP contribution is -2.07. The molecule has 2 heterocycles. The Morgan fingerprint density at radius 1 is 0.970 bits per heavy atom. The summed E-state index contributed by atoms with van der Waals surface area (Å²) in [4.78, 5) is 8.40. The zero-order valence-electron chi connectivity index (χ0n) is 17.3. The molecule has 33 heavy (non-hydrogen) atoms. The molecule has 11 heteroatoms. The maximum atomic E-state index is 13.4. The van der Waals surface area contributed by atoms with Crippen LogP contribution in [0.2, 0.25) is 0 Å². The predicted octanol–water partition coefficient (Wildman–Crippen LogP) is 5.35. The smallest absolute Gasteiger partial charge is 0.416 e. The first kappa shape index (κ1) is 22.3. The van der Waals surface area contributed by atoms with Gasteiger partial charge in [0.15, 0.2) is 0 Å². The number of hydrogen-bond donors (Lipinski definition) is 0. The molecule has 0 aliphatic carbocycles. The van der Waals surface area contributed by atoms with Crippen LogP contribution in [0.5, 0.6) is 11.8 Å². The first-order valence-electron chi connectivity index (χ1n) is 9.81. The second-order valence-electron chi connectivity index (χ2n) is 6.76. The number of halogens is 4. The third-order valence-electron chi connectivity index (χ3n) is 4.54. The number of hydrogen-bond acceptors (Lipinski definition) is 6. The van der Waals surface area contributed by atoms with Gasteiger partial charge in [0.2, 0.25) is 0 Å². The highest BCUT2D eigenvalue weighted by Gasteiger charge is 2.30. The van der Waals surface area contributed by atoms with Crippen LogP contribution in [-0.2, 0) is 17.6 Å². The fourth-order valence-corrected chi connectivity index (χ4v) is 2.98. The van der Waals surface area contributed by atoms with Crippen molar-refractivity contribution >= 4 is 0 Å². The van der Waals surface area contributed by atoms with Gasteiger partial charge in [0, 0.05) is 18.4 Å². The quantitative estimate of drug-likeness (QED) is 0.347. The highest BCUT2D eigenvalue weighted by atomic mass is 19.4. The lowest BCUT2D eigenvalue weighted by Gasteiger charge is -2.10. The van der Waals surface area contributed by atoms with E-state index >= 15 is 0 Å². The van der Waals surface area contributed by atoms with Gasteiger partial charge in [0.1, 0.15) is 29.7 Å². The molecule has 0 aliphatic heterocycles. The number of rotatable bonds is 7. The topological polar surface area (TPSA) is 75.0 Å². The van der Waals surface area contributed by atoms with Crippen molar-refractivity contribution in [3.8, 4) is 34.4 Å². The number of benzene rings is 2. The van der Waals surface area contributed by atoms with Gasteiger partial charge < -0.3 is 9.47 Å². The lowest BCUT2D eigenvalue weighted by molar-refractivity contribution is -0.137. The summed E-state index contributed by atoms with van der Waals surface area (Å²) in [6.45, 7) is 2.37. The molecule has 0 saturated carbocycles. The summed E-state index contributed by atoms with van der Waals surface area (Å²) in [6, 6.07) is 11.4. The minimum Gasteiger partial charge on any atom is -0.424 e. The normalized spacial score (nSPS) is 11.5. The van der Waals surface area contributed by atoms with Gasteiger partial charge in [0.25, 0.3) is 0 Å². The average molecular weight is 459 g/mol. The molecule has 0 radical (unpaired) electrons. The zero-order valence-corrected chi connectivity index (χ0v) is 17.3. The molecule has 4 aromatic rings. The van der Waals surface area contributed by atoms with E-state index < -0.39 is 17.6 Å². The maximum absolute atomic E-state index is 13.4. The fourth-order valence-electron chi connectivity index (χ4n) is 2.98. The molecule has 0 unspecified atom stereocenters. The van der Waals surface area contributed by atoms with Gasteiger partial charge in [-0.05, 0) is 61.5 Å². The number of ether oxygens (including phenoxy) is 2. The Morgan fingerprint density at radius 2 is 1.70 bits per heavy atom. The maximum Gasteiger partial charge on any atom is 0.416 e. The molecule has 0 saturated heterocycles. The fraction of sp³-hybridized carbons (Fsp3) is 0.182. The summed E-state index contributed by atoms with van der Waals surface area (Å²) in [6.07, 6.45) is -3.01. The van der Waals surface area contributed by atoms with E-state index in [4.69, 9.17) is 9.47 Å². The number of aromatic nitrogens is 5. The summed E-state index contributed by atoms with van der Waals surface area (Å²) in [5.41, 5.74) is 1.12. The Hall–Kier alpha value is -3.86. The zero-order chi connectivity index (χ0) is 23.4. The van der Waals surface area contributed by atoms with Crippen molar-refractivity contribution in [2.75, 3.05) is 6.61 Å².